The largest absolute Gasteiger partial charge is 0.381 e. The smallest absolute Gasteiger partial charge is 0.244 e. The van der Waals surface area contributed by atoms with Gasteiger partial charge in [-0.3, -0.25) is 9.59 Å². The van der Waals surface area contributed by atoms with Crippen molar-refractivity contribution >= 4 is 28.4 Å². The molecule has 0 unspecified atom stereocenters. The molecule has 1 aliphatic rings. The zero-order valence-electron chi connectivity index (χ0n) is 13.7. The maximum atomic E-state index is 12.5. The van der Waals surface area contributed by atoms with Crippen LogP contribution in [-0.2, 0) is 20.9 Å². The number of anilines is 1. The Bertz CT molecular complexity index is 762. The van der Waals surface area contributed by atoms with E-state index in [0.717, 1.165) is 10.9 Å². The van der Waals surface area contributed by atoms with Crippen molar-refractivity contribution in [1.29, 1.82) is 0 Å². The number of nitrogens with two attached hydrogens (primary N) is 1. The molecule has 0 bridgehead atoms. The molecular formula is C17H22N4O3. The Hall–Kier alpha value is -2.38. The molecule has 2 amide bonds. The van der Waals surface area contributed by atoms with Crippen LogP contribution in [0.2, 0.25) is 0 Å². The standard InChI is InChI=1S/C17H22N4O3/c1-19-15(22)11-21-7-4-12-2-3-13(10-14(12)21)20-16(23)17(18)5-8-24-9-6-17/h2-4,7,10H,5-6,8-9,11,18H2,1H3,(H,19,22)(H,20,23). The average molecular weight is 330 g/mol. The highest BCUT2D eigenvalue weighted by atomic mass is 16.5. The second-order valence-corrected chi connectivity index (χ2v) is 6.11. The van der Waals surface area contributed by atoms with Gasteiger partial charge in [0.25, 0.3) is 0 Å². The molecule has 0 saturated carbocycles. The highest BCUT2D eigenvalue weighted by molar-refractivity contribution is 5.99. The molecule has 0 radical (unpaired) electrons. The number of hydrogen-bond acceptors (Lipinski definition) is 4. The number of benzene rings is 1. The summed E-state index contributed by atoms with van der Waals surface area (Å²) in [5, 5.41) is 6.51. The van der Waals surface area contributed by atoms with Gasteiger partial charge in [0.2, 0.25) is 11.8 Å². The lowest BCUT2D eigenvalue weighted by molar-refractivity contribution is -0.124. The molecule has 1 aromatic heterocycles. The van der Waals surface area contributed by atoms with Crippen LogP contribution < -0.4 is 16.4 Å². The Morgan fingerprint density at radius 3 is 2.75 bits per heavy atom. The Balaban J connectivity index is 1.81. The van der Waals surface area contributed by atoms with Gasteiger partial charge in [0.1, 0.15) is 12.1 Å². The van der Waals surface area contributed by atoms with E-state index in [9.17, 15) is 9.59 Å². The third-order valence-electron chi connectivity index (χ3n) is 4.46. The Morgan fingerprint density at radius 1 is 1.29 bits per heavy atom. The molecule has 1 aromatic carbocycles. The Morgan fingerprint density at radius 2 is 2.04 bits per heavy atom. The van der Waals surface area contributed by atoms with Crippen LogP contribution >= 0.6 is 0 Å². The van der Waals surface area contributed by atoms with Gasteiger partial charge in [-0.15, -0.1) is 0 Å². The molecule has 1 aliphatic heterocycles. The van der Waals surface area contributed by atoms with Crippen LogP contribution in [0, 0.1) is 0 Å². The molecular weight excluding hydrogens is 308 g/mol. The molecule has 1 saturated heterocycles. The topological polar surface area (TPSA) is 98.4 Å². The van der Waals surface area contributed by atoms with Crippen LogP contribution in [0.3, 0.4) is 0 Å². The van der Waals surface area contributed by atoms with Gasteiger partial charge in [-0.05, 0) is 36.4 Å². The zero-order chi connectivity index (χ0) is 17.2. The third-order valence-corrected chi connectivity index (χ3v) is 4.46. The van der Waals surface area contributed by atoms with Gasteiger partial charge >= 0.3 is 0 Å². The second kappa shape index (κ2) is 6.62. The van der Waals surface area contributed by atoms with E-state index in [1.165, 1.54) is 0 Å². The number of amides is 2. The van der Waals surface area contributed by atoms with E-state index in [2.05, 4.69) is 10.6 Å². The van der Waals surface area contributed by atoms with Crippen molar-refractivity contribution in [2.45, 2.75) is 24.9 Å². The quantitative estimate of drug-likeness (QED) is 0.773. The van der Waals surface area contributed by atoms with Gasteiger partial charge in [0.05, 0.1) is 5.52 Å². The second-order valence-electron chi connectivity index (χ2n) is 6.11. The van der Waals surface area contributed by atoms with Crippen LogP contribution in [0.1, 0.15) is 12.8 Å². The van der Waals surface area contributed by atoms with Crippen molar-refractivity contribution in [3.8, 4) is 0 Å². The summed E-state index contributed by atoms with van der Waals surface area (Å²) in [7, 11) is 1.61. The summed E-state index contributed by atoms with van der Waals surface area (Å²) in [6, 6.07) is 7.55. The lowest BCUT2D eigenvalue weighted by Crippen LogP contribution is -2.54. The van der Waals surface area contributed by atoms with Crippen LogP contribution in [0.25, 0.3) is 10.9 Å². The fourth-order valence-corrected chi connectivity index (χ4v) is 2.85. The monoisotopic (exact) mass is 330 g/mol. The van der Waals surface area contributed by atoms with E-state index in [1.54, 1.807) is 7.05 Å². The summed E-state index contributed by atoms with van der Waals surface area (Å²) < 4.78 is 7.12. The minimum Gasteiger partial charge on any atom is -0.381 e. The van der Waals surface area contributed by atoms with Gasteiger partial charge in [0, 0.05) is 32.1 Å². The first-order valence-electron chi connectivity index (χ1n) is 7.99. The molecule has 4 N–H and O–H groups in total. The number of aromatic nitrogens is 1. The lowest BCUT2D eigenvalue weighted by atomic mass is 9.90. The molecule has 0 aliphatic carbocycles. The Kier molecular flexibility index (Phi) is 4.55. The van der Waals surface area contributed by atoms with E-state index >= 15 is 0 Å². The van der Waals surface area contributed by atoms with Crippen LogP contribution in [-0.4, -0.2) is 42.2 Å². The number of hydrogen-bond donors (Lipinski definition) is 3. The zero-order valence-corrected chi connectivity index (χ0v) is 13.7. The molecule has 24 heavy (non-hydrogen) atoms. The van der Waals surface area contributed by atoms with E-state index in [-0.39, 0.29) is 18.4 Å². The fraction of sp³-hybridized carbons (Fsp3) is 0.412. The Labute approximate surface area is 140 Å². The lowest BCUT2D eigenvalue weighted by Gasteiger charge is -2.31. The molecule has 2 aromatic rings. The molecule has 3 rings (SSSR count). The molecule has 0 spiro atoms. The van der Waals surface area contributed by atoms with E-state index < -0.39 is 5.54 Å². The van der Waals surface area contributed by atoms with Crippen molar-refractivity contribution in [3.63, 3.8) is 0 Å². The summed E-state index contributed by atoms with van der Waals surface area (Å²) in [6.07, 6.45) is 2.87. The molecule has 7 heteroatoms. The van der Waals surface area contributed by atoms with Crippen LogP contribution in [0.4, 0.5) is 5.69 Å². The van der Waals surface area contributed by atoms with Gasteiger partial charge in [0.15, 0.2) is 0 Å². The number of carbonyl (C=O) groups is 2. The van der Waals surface area contributed by atoms with E-state index in [1.807, 2.05) is 35.0 Å². The third kappa shape index (κ3) is 3.27. The SMILES string of the molecule is CNC(=O)Cn1ccc2ccc(NC(=O)C3(N)CCOCC3)cc21. The predicted molar refractivity (Wildman–Crippen MR) is 91.6 cm³/mol. The number of nitrogens with one attached hydrogen (secondary N) is 2. The van der Waals surface area contributed by atoms with Crippen molar-refractivity contribution in [3.05, 3.63) is 30.5 Å². The normalized spacial score (nSPS) is 16.8. The minimum atomic E-state index is -0.892. The fourth-order valence-electron chi connectivity index (χ4n) is 2.85. The number of likely N-dealkylation sites (N-methyl/N-ethyl adjacent to an activating group) is 1. The summed E-state index contributed by atoms with van der Waals surface area (Å²) in [5.74, 6) is -0.278. The van der Waals surface area contributed by atoms with Crippen molar-refractivity contribution in [2.24, 2.45) is 5.73 Å². The highest BCUT2D eigenvalue weighted by Gasteiger charge is 2.35. The number of carbonyl (C=O) groups excluding carboxylic acids is 2. The maximum Gasteiger partial charge on any atom is 0.244 e. The van der Waals surface area contributed by atoms with E-state index in [0.29, 0.717) is 31.7 Å². The highest BCUT2D eigenvalue weighted by Crippen LogP contribution is 2.23. The average Bonchev–Trinajstić information content (AvgIpc) is 2.97. The maximum absolute atomic E-state index is 12.5. The van der Waals surface area contributed by atoms with Gasteiger partial charge in [-0.2, -0.15) is 0 Å². The minimum absolute atomic E-state index is 0.0787. The summed E-state index contributed by atoms with van der Waals surface area (Å²) in [4.78, 5) is 24.1. The number of fused-ring (bicyclic) bond motifs is 1. The number of nitrogens with zero attached hydrogens (tertiary/aromatic N) is 1. The molecule has 7 nitrogen and oxygen atoms in total. The number of rotatable bonds is 4. The summed E-state index contributed by atoms with van der Waals surface area (Å²) in [6.45, 7) is 1.23. The molecule has 2 heterocycles. The van der Waals surface area contributed by atoms with Gasteiger partial charge in [-0.1, -0.05) is 6.07 Å². The molecule has 128 valence electrons. The van der Waals surface area contributed by atoms with Crippen molar-refractivity contribution < 1.29 is 14.3 Å². The summed E-state index contributed by atoms with van der Waals surface area (Å²) in [5.41, 5.74) is 6.87. The number of ether oxygens (including phenoxy) is 1. The van der Waals surface area contributed by atoms with Gasteiger partial charge in [-0.25, -0.2) is 0 Å². The summed E-state index contributed by atoms with van der Waals surface area (Å²) >= 11 is 0. The molecule has 1 fully saturated rings. The first kappa shape index (κ1) is 16.5. The molecule has 0 atom stereocenters. The van der Waals surface area contributed by atoms with Crippen LogP contribution in [0.15, 0.2) is 30.5 Å². The van der Waals surface area contributed by atoms with Crippen LogP contribution in [0.5, 0.6) is 0 Å². The van der Waals surface area contributed by atoms with Crippen molar-refractivity contribution in [2.75, 3.05) is 25.6 Å². The van der Waals surface area contributed by atoms with Gasteiger partial charge < -0.3 is 25.7 Å². The van der Waals surface area contributed by atoms with E-state index in [4.69, 9.17) is 10.5 Å². The van der Waals surface area contributed by atoms with Crippen molar-refractivity contribution in [1.82, 2.24) is 9.88 Å². The first-order valence-corrected chi connectivity index (χ1v) is 7.99. The first-order chi connectivity index (χ1) is 11.5. The predicted octanol–water partition coefficient (Wildman–Crippen LogP) is 0.834.